The molecular formula is C12H12Cl3O2-. The molecule has 1 unspecified atom stereocenters. The topological polar surface area (TPSA) is 40.1 Å². The highest BCUT2D eigenvalue weighted by atomic mass is 35.6. The normalized spacial score (nSPS) is 14.4. The van der Waals surface area contributed by atoms with E-state index in [-0.39, 0.29) is 0 Å². The first-order chi connectivity index (χ1) is 7.67. The highest BCUT2D eigenvalue weighted by molar-refractivity contribution is 6.68. The molecule has 0 fully saturated rings. The quantitative estimate of drug-likeness (QED) is 0.804. The zero-order valence-corrected chi connectivity index (χ0v) is 11.7. The van der Waals surface area contributed by atoms with E-state index >= 15 is 0 Å². The minimum absolute atomic E-state index is 0.654. The number of benzene rings is 1. The Kier molecular flexibility index (Phi) is 4.34. The molecule has 1 rings (SSSR count). The van der Waals surface area contributed by atoms with Gasteiger partial charge in [-0.25, -0.2) is 0 Å². The lowest BCUT2D eigenvalue weighted by atomic mass is 9.75. The second-order valence-corrected chi connectivity index (χ2v) is 6.76. The SMILES string of the molecule is CC(C)(C(=O)[O-])C(c1ccccc1)C(Cl)(Cl)Cl. The summed E-state index contributed by atoms with van der Waals surface area (Å²) < 4.78 is -1.72. The van der Waals surface area contributed by atoms with Crippen molar-refractivity contribution in [1.29, 1.82) is 0 Å². The lowest BCUT2D eigenvalue weighted by Gasteiger charge is -2.39. The lowest BCUT2D eigenvalue weighted by molar-refractivity contribution is -0.318. The van der Waals surface area contributed by atoms with E-state index in [4.69, 9.17) is 34.8 Å². The molecule has 0 radical (unpaired) electrons. The minimum atomic E-state index is -1.72. The van der Waals surface area contributed by atoms with Crippen molar-refractivity contribution >= 4 is 40.8 Å². The largest absolute Gasteiger partial charge is 0.550 e. The van der Waals surface area contributed by atoms with Gasteiger partial charge in [0.15, 0.2) is 3.79 Å². The van der Waals surface area contributed by atoms with Crippen LogP contribution in [0, 0.1) is 5.41 Å². The number of alkyl halides is 3. The van der Waals surface area contributed by atoms with E-state index in [1.807, 2.05) is 6.07 Å². The maximum Gasteiger partial charge on any atom is 0.198 e. The Balaban J connectivity index is 3.29. The van der Waals surface area contributed by atoms with Gasteiger partial charge in [0.05, 0.1) is 0 Å². The highest BCUT2D eigenvalue weighted by Crippen LogP contribution is 2.50. The fourth-order valence-electron chi connectivity index (χ4n) is 1.78. The van der Waals surface area contributed by atoms with Crippen molar-refractivity contribution in [2.45, 2.75) is 23.6 Å². The van der Waals surface area contributed by atoms with Gasteiger partial charge in [0, 0.05) is 17.3 Å². The van der Waals surface area contributed by atoms with Crippen LogP contribution in [-0.4, -0.2) is 9.76 Å². The molecule has 0 aliphatic carbocycles. The first-order valence-corrected chi connectivity index (χ1v) is 6.14. The summed E-state index contributed by atoms with van der Waals surface area (Å²) in [5.41, 5.74) is -0.631. The van der Waals surface area contributed by atoms with Gasteiger partial charge in [0.1, 0.15) is 0 Å². The number of carbonyl (C=O) groups is 1. The smallest absolute Gasteiger partial charge is 0.198 e. The third kappa shape index (κ3) is 3.27. The van der Waals surface area contributed by atoms with Crippen LogP contribution in [0.1, 0.15) is 25.3 Å². The fourth-order valence-corrected chi connectivity index (χ4v) is 2.97. The summed E-state index contributed by atoms with van der Waals surface area (Å²) in [6, 6.07) is 8.81. The number of rotatable bonds is 3. The average molecular weight is 295 g/mol. The molecule has 0 N–H and O–H groups in total. The molecule has 0 aliphatic rings. The predicted molar refractivity (Wildman–Crippen MR) is 68.3 cm³/mol. The summed E-state index contributed by atoms with van der Waals surface area (Å²) in [5.74, 6) is -2.04. The van der Waals surface area contributed by atoms with Crippen molar-refractivity contribution < 1.29 is 9.90 Å². The van der Waals surface area contributed by atoms with Crippen LogP contribution >= 0.6 is 34.8 Å². The van der Waals surface area contributed by atoms with Crippen molar-refractivity contribution in [1.82, 2.24) is 0 Å². The summed E-state index contributed by atoms with van der Waals surface area (Å²) >= 11 is 17.7. The molecular weight excluding hydrogens is 282 g/mol. The standard InChI is InChI=1S/C12H13Cl3O2/c1-11(2,10(16)17)9(12(13,14)15)8-6-4-3-5-7-8/h3-7,9H,1-2H3,(H,16,17)/p-1. The minimum Gasteiger partial charge on any atom is -0.550 e. The van der Waals surface area contributed by atoms with Crippen LogP contribution in [0.15, 0.2) is 30.3 Å². The molecule has 0 spiro atoms. The molecule has 0 aliphatic heterocycles. The average Bonchev–Trinajstić information content (AvgIpc) is 2.16. The van der Waals surface area contributed by atoms with Crippen molar-refractivity contribution in [3.05, 3.63) is 35.9 Å². The first-order valence-electron chi connectivity index (χ1n) is 5.00. The Labute approximate surface area is 115 Å². The second kappa shape index (κ2) is 5.05. The maximum atomic E-state index is 11.2. The van der Waals surface area contributed by atoms with E-state index in [2.05, 4.69) is 0 Å². The number of aliphatic carboxylic acids is 1. The Morgan fingerprint density at radius 2 is 1.65 bits per heavy atom. The van der Waals surface area contributed by atoms with Crippen molar-refractivity contribution in [2.24, 2.45) is 5.41 Å². The molecule has 0 aromatic heterocycles. The summed E-state index contributed by atoms with van der Waals surface area (Å²) in [6.45, 7) is 2.98. The molecule has 1 atom stereocenters. The van der Waals surface area contributed by atoms with Crippen molar-refractivity contribution in [2.75, 3.05) is 0 Å². The van der Waals surface area contributed by atoms with Crippen LogP contribution < -0.4 is 5.11 Å². The van der Waals surface area contributed by atoms with Gasteiger partial charge in [-0.1, -0.05) is 79.0 Å². The third-order valence-electron chi connectivity index (χ3n) is 2.71. The zero-order valence-electron chi connectivity index (χ0n) is 9.41. The molecule has 0 saturated heterocycles. The van der Waals surface area contributed by atoms with Gasteiger partial charge in [-0.3, -0.25) is 0 Å². The number of halogens is 3. The number of carboxylic acids is 1. The molecule has 0 bridgehead atoms. The summed E-state index contributed by atoms with van der Waals surface area (Å²) in [5, 5.41) is 11.2. The molecule has 1 aromatic rings. The van der Waals surface area contributed by atoms with Gasteiger partial charge in [0.2, 0.25) is 0 Å². The van der Waals surface area contributed by atoms with E-state index in [0.717, 1.165) is 0 Å². The van der Waals surface area contributed by atoms with Gasteiger partial charge < -0.3 is 9.90 Å². The molecule has 5 heteroatoms. The van der Waals surface area contributed by atoms with Crippen LogP contribution in [-0.2, 0) is 4.79 Å². The summed E-state index contributed by atoms with van der Waals surface area (Å²) in [7, 11) is 0. The maximum absolute atomic E-state index is 11.2. The van der Waals surface area contributed by atoms with E-state index in [9.17, 15) is 9.90 Å². The molecule has 0 saturated carbocycles. The number of carbonyl (C=O) groups excluding carboxylic acids is 1. The van der Waals surface area contributed by atoms with Crippen LogP contribution in [0.4, 0.5) is 0 Å². The Morgan fingerprint density at radius 1 is 1.18 bits per heavy atom. The van der Waals surface area contributed by atoms with E-state index < -0.39 is 21.1 Å². The second-order valence-electron chi connectivity index (χ2n) is 4.39. The molecule has 0 heterocycles. The van der Waals surface area contributed by atoms with E-state index in [0.29, 0.717) is 5.56 Å². The van der Waals surface area contributed by atoms with Gasteiger partial charge in [-0.2, -0.15) is 0 Å². The fraction of sp³-hybridized carbons (Fsp3) is 0.417. The number of hydrogen-bond acceptors (Lipinski definition) is 2. The van der Waals surface area contributed by atoms with Crippen LogP contribution in [0.25, 0.3) is 0 Å². The Bertz CT molecular complexity index is 396. The Morgan fingerprint density at radius 3 is 2.00 bits per heavy atom. The van der Waals surface area contributed by atoms with Gasteiger partial charge in [-0.05, 0) is 5.56 Å². The monoisotopic (exact) mass is 293 g/mol. The molecule has 2 nitrogen and oxygen atoms in total. The number of hydrogen-bond donors (Lipinski definition) is 0. The summed E-state index contributed by atoms with van der Waals surface area (Å²) in [6.07, 6.45) is 0. The number of carboxylic acid groups (broad SMARTS) is 1. The van der Waals surface area contributed by atoms with Crippen molar-refractivity contribution in [3.8, 4) is 0 Å². The van der Waals surface area contributed by atoms with Gasteiger partial charge in [-0.15, -0.1) is 0 Å². The molecule has 94 valence electrons. The third-order valence-corrected chi connectivity index (χ3v) is 3.36. The molecule has 1 aromatic carbocycles. The summed E-state index contributed by atoms with van der Waals surface area (Å²) in [4.78, 5) is 11.2. The molecule has 0 amide bonds. The van der Waals surface area contributed by atoms with Crippen LogP contribution in [0.2, 0.25) is 0 Å². The Hall–Kier alpha value is -0.440. The lowest BCUT2D eigenvalue weighted by Crippen LogP contribution is -2.46. The van der Waals surface area contributed by atoms with E-state index in [1.54, 1.807) is 24.3 Å². The van der Waals surface area contributed by atoms with Gasteiger partial charge in [0.25, 0.3) is 0 Å². The molecule has 17 heavy (non-hydrogen) atoms. The van der Waals surface area contributed by atoms with Gasteiger partial charge >= 0.3 is 0 Å². The predicted octanol–water partition coefficient (Wildman–Crippen LogP) is 2.92. The van der Waals surface area contributed by atoms with Crippen LogP contribution in [0.3, 0.4) is 0 Å². The zero-order chi connectivity index (χ0) is 13.3. The van der Waals surface area contributed by atoms with Crippen molar-refractivity contribution in [3.63, 3.8) is 0 Å². The first kappa shape index (κ1) is 14.6. The van der Waals surface area contributed by atoms with E-state index in [1.165, 1.54) is 13.8 Å². The van der Waals surface area contributed by atoms with Crippen LogP contribution in [0.5, 0.6) is 0 Å². The highest BCUT2D eigenvalue weighted by Gasteiger charge is 2.45.